The molecule has 0 N–H and O–H groups in total. The van der Waals surface area contributed by atoms with Crippen LogP contribution < -0.4 is 0 Å². The summed E-state index contributed by atoms with van der Waals surface area (Å²) in [4.78, 5) is 15.8. The van der Waals surface area contributed by atoms with Gasteiger partial charge in [-0.25, -0.2) is 4.98 Å². The third-order valence-electron chi connectivity index (χ3n) is 2.14. The number of aromatic nitrogens is 2. The highest BCUT2D eigenvalue weighted by atomic mass is 16.1. The minimum Gasteiger partial charge on any atom is -0.340 e. The van der Waals surface area contributed by atoms with Crippen LogP contribution in [-0.2, 0) is 7.05 Å². The second-order valence-electron chi connectivity index (χ2n) is 4.10. The van der Waals surface area contributed by atoms with Gasteiger partial charge in [-0.2, -0.15) is 5.26 Å². The van der Waals surface area contributed by atoms with Crippen molar-refractivity contribution in [3.63, 3.8) is 0 Å². The lowest BCUT2D eigenvalue weighted by molar-refractivity contribution is 0.0932. The molecule has 1 heterocycles. The lowest BCUT2D eigenvalue weighted by Gasteiger charge is -2.08. The van der Waals surface area contributed by atoms with Gasteiger partial charge in [0.25, 0.3) is 0 Å². The average molecular weight is 205 g/mol. The summed E-state index contributed by atoms with van der Waals surface area (Å²) in [5.41, 5.74) is 0.379. The molecule has 0 amide bonds. The topological polar surface area (TPSA) is 58.7 Å². The first-order valence-corrected chi connectivity index (χ1v) is 4.96. The molecular formula is C11H15N3O. The molecule has 0 aromatic carbocycles. The lowest BCUT2D eigenvalue weighted by Crippen LogP contribution is -2.15. The van der Waals surface area contributed by atoms with E-state index in [2.05, 4.69) is 4.98 Å². The van der Waals surface area contributed by atoms with E-state index in [0.29, 0.717) is 18.0 Å². The second kappa shape index (κ2) is 4.74. The van der Waals surface area contributed by atoms with Gasteiger partial charge >= 0.3 is 0 Å². The Morgan fingerprint density at radius 1 is 1.67 bits per heavy atom. The van der Waals surface area contributed by atoms with E-state index in [1.807, 2.05) is 19.9 Å². The maximum Gasteiger partial charge on any atom is 0.199 e. The van der Waals surface area contributed by atoms with E-state index in [-0.39, 0.29) is 5.78 Å². The minimum absolute atomic E-state index is 0.174. The zero-order valence-corrected chi connectivity index (χ0v) is 9.27. The predicted molar refractivity (Wildman–Crippen MR) is 56.1 cm³/mol. The molecule has 1 rings (SSSR count). The average Bonchev–Trinajstić information content (AvgIpc) is 2.60. The first-order valence-electron chi connectivity index (χ1n) is 4.96. The summed E-state index contributed by atoms with van der Waals surface area (Å²) in [6.45, 7) is 3.99. The van der Waals surface area contributed by atoms with Crippen LogP contribution in [0, 0.1) is 23.2 Å². The monoisotopic (exact) mass is 205 g/mol. The summed E-state index contributed by atoms with van der Waals surface area (Å²) in [6, 6.07) is 2.04. The summed E-state index contributed by atoms with van der Waals surface area (Å²) >= 11 is 0. The number of nitrogens with zero attached hydrogens (tertiary/aromatic N) is 3. The van der Waals surface area contributed by atoms with Crippen LogP contribution in [0.4, 0.5) is 0 Å². The van der Waals surface area contributed by atoms with Crippen molar-refractivity contribution in [3.05, 3.63) is 18.2 Å². The van der Waals surface area contributed by atoms with Crippen molar-refractivity contribution in [2.45, 2.75) is 20.3 Å². The molecule has 4 heteroatoms. The molecule has 1 aromatic heterocycles. The number of ketones is 1. The number of hydrogen-bond donors (Lipinski definition) is 0. The maximum absolute atomic E-state index is 11.8. The van der Waals surface area contributed by atoms with Crippen LogP contribution in [0.2, 0.25) is 0 Å². The van der Waals surface area contributed by atoms with E-state index in [4.69, 9.17) is 5.26 Å². The van der Waals surface area contributed by atoms with Crippen LogP contribution >= 0.6 is 0 Å². The van der Waals surface area contributed by atoms with Gasteiger partial charge in [-0.1, -0.05) is 13.8 Å². The fourth-order valence-corrected chi connectivity index (χ4v) is 1.41. The van der Waals surface area contributed by atoms with Crippen molar-refractivity contribution in [3.8, 4) is 6.07 Å². The van der Waals surface area contributed by atoms with Crippen molar-refractivity contribution >= 4 is 5.78 Å². The Labute approximate surface area is 89.5 Å². The molecule has 80 valence electrons. The van der Waals surface area contributed by atoms with Gasteiger partial charge in [0, 0.05) is 13.2 Å². The number of Topliss-reactive ketones (excluding diaryl/α,β-unsaturated/α-hetero) is 1. The van der Waals surface area contributed by atoms with Crippen LogP contribution in [0.1, 0.15) is 30.8 Å². The molecule has 0 aliphatic carbocycles. The normalized spacial score (nSPS) is 12.5. The van der Waals surface area contributed by atoms with E-state index in [1.165, 1.54) is 0 Å². The number of imidazole rings is 1. The van der Waals surface area contributed by atoms with E-state index >= 15 is 0 Å². The van der Waals surface area contributed by atoms with Crippen molar-refractivity contribution in [2.24, 2.45) is 18.9 Å². The van der Waals surface area contributed by atoms with Crippen molar-refractivity contribution in [2.75, 3.05) is 0 Å². The largest absolute Gasteiger partial charge is 0.340 e. The van der Waals surface area contributed by atoms with Crippen LogP contribution in [0.25, 0.3) is 0 Å². The first-order chi connectivity index (χ1) is 7.04. The third-order valence-corrected chi connectivity index (χ3v) is 2.14. The van der Waals surface area contributed by atoms with Gasteiger partial charge in [-0.15, -0.1) is 0 Å². The minimum atomic E-state index is -0.570. The summed E-state index contributed by atoms with van der Waals surface area (Å²) in [5, 5.41) is 8.91. The molecule has 0 spiro atoms. The maximum atomic E-state index is 11.8. The molecule has 0 aliphatic heterocycles. The molecule has 4 nitrogen and oxygen atoms in total. The molecule has 1 atom stereocenters. The van der Waals surface area contributed by atoms with Crippen molar-refractivity contribution in [1.29, 1.82) is 5.26 Å². The first kappa shape index (κ1) is 11.4. The Hall–Kier alpha value is -1.63. The van der Waals surface area contributed by atoms with Crippen LogP contribution in [-0.4, -0.2) is 15.3 Å². The molecule has 0 aliphatic rings. The molecule has 1 aromatic rings. The van der Waals surface area contributed by atoms with Gasteiger partial charge in [0.2, 0.25) is 0 Å². The molecule has 15 heavy (non-hydrogen) atoms. The van der Waals surface area contributed by atoms with Crippen LogP contribution in [0.15, 0.2) is 12.5 Å². The van der Waals surface area contributed by atoms with Crippen molar-refractivity contribution in [1.82, 2.24) is 9.55 Å². The number of carbonyl (C=O) groups is 1. The lowest BCUT2D eigenvalue weighted by atomic mass is 9.93. The van der Waals surface area contributed by atoms with Gasteiger partial charge in [-0.3, -0.25) is 4.79 Å². The Balaban J connectivity index is 2.79. The molecule has 0 saturated heterocycles. The number of nitriles is 1. The number of aryl methyl sites for hydroxylation is 1. The van der Waals surface area contributed by atoms with Crippen LogP contribution in [0.3, 0.4) is 0 Å². The molecule has 0 fully saturated rings. The predicted octanol–water partition coefficient (Wildman–Crippen LogP) is 1.79. The van der Waals surface area contributed by atoms with Gasteiger partial charge in [0.15, 0.2) is 5.78 Å². The zero-order chi connectivity index (χ0) is 11.4. The van der Waals surface area contributed by atoms with Gasteiger partial charge < -0.3 is 4.57 Å². The van der Waals surface area contributed by atoms with E-state index < -0.39 is 5.92 Å². The molecule has 0 saturated carbocycles. The Morgan fingerprint density at radius 3 is 2.73 bits per heavy atom. The van der Waals surface area contributed by atoms with Gasteiger partial charge in [-0.05, 0) is 12.3 Å². The Morgan fingerprint density at radius 2 is 2.33 bits per heavy atom. The molecule has 0 radical (unpaired) electrons. The zero-order valence-electron chi connectivity index (χ0n) is 9.27. The highest BCUT2D eigenvalue weighted by molar-refractivity contribution is 5.97. The van der Waals surface area contributed by atoms with E-state index in [0.717, 1.165) is 0 Å². The second-order valence-corrected chi connectivity index (χ2v) is 4.10. The van der Waals surface area contributed by atoms with Crippen LogP contribution in [0.5, 0.6) is 0 Å². The van der Waals surface area contributed by atoms with Gasteiger partial charge in [0.1, 0.15) is 11.6 Å². The molecule has 0 bridgehead atoms. The third kappa shape index (κ3) is 2.91. The molecule has 1 unspecified atom stereocenters. The van der Waals surface area contributed by atoms with E-state index in [1.54, 1.807) is 24.1 Å². The Kier molecular flexibility index (Phi) is 3.62. The summed E-state index contributed by atoms with van der Waals surface area (Å²) in [7, 11) is 1.80. The number of rotatable bonds is 4. The quantitative estimate of drug-likeness (QED) is 0.704. The fraction of sp³-hybridized carbons (Fsp3) is 0.545. The number of carbonyl (C=O) groups excluding carboxylic acids is 1. The smallest absolute Gasteiger partial charge is 0.199 e. The Bertz CT molecular complexity index is 387. The summed E-state index contributed by atoms with van der Waals surface area (Å²) in [5.74, 6) is -0.408. The fourth-order valence-electron chi connectivity index (χ4n) is 1.41. The highest BCUT2D eigenvalue weighted by Gasteiger charge is 2.22. The standard InChI is InChI=1S/C11H15N3O/c1-8(2)4-9(5-12)11(15)10-6-14(3)7-13-10/h6-9H,4H2,1-3H3. The highest BCUT2D eigenvalue weighted by Crippen LogP contribution is 2.15. The summed E-state index contributed by atoms with van der Waals surface area (Å²) < 4.78 is 1.71. The summed E-state index contributed by atoms with van der Waals surface area (Å²) in [6.07, 6.45) is 3.80. The SMILES string of the molecule is CC(C)CC(C#N)C(=O)c1cn(C)cn1. The van der Waals surface area contributed by atoms with E-state index in [9.17, 15) is 4.79 Å². The molecular weight excluding hydrogens is 190 g/mol. The van der Waals surface area contributed by atoms with Crippen molar-refractivity contribution < 1.29 is 4.79 Å². The number of hydrogen-bond acceptors (Lipinski definition) is 3. The van der Waals surface area contributed by atoms with Gasteiger partial charge in [0.05, 0.1) is 12.4 Å².